The molecule has 1 aromatic rings. The fourth-order valence-corrected chi connectivity index (χ4v) is 2.80. The minimum absolute atomic E-state index is 0.0229. The number of halogens is 4. The van der Waals surface area contributed by atoms with Crippen molar-refractivity contribution in [3.05, 3.63) is 28.2 Å². The van der Waals surface area contributed by atoms with Crippen LogP contribution in [0.15, 0.2) is 22.7 Å². The van der Waals surface area contributed by atoms with Gasteiger partial charge >= 0.3 is 6.18 Å². The summed E-state index contributed by atoms with van der Waals surface area (Å²) in [4.78, 5) is 0. The molecule has 0 bridgehead atoms. The summed E-state index contributed by atoms with van der Waals surface area (Å²) in [7, 11) is 0. The van der Waals surface area contributed by atoms with Crippen molar-refractivity contribution in [3.63, 3.8) is 0 Å². The molecule has 1 aliphatic rings. The van der Waals surface area contributed by atoms with E-state index >= 15 is 0 Å². The minimum Gasteiger partial charge on any atom is -0.391 e. The Balaban J connectivity index is 2.17. The van der Waals surface area contributed by atoms with E-state index in [-0.39, 0.29) is 10.5 Å². The van der Waals surface area contributed by atoms with Gasteiger partial charge in [0.2, 0.25) is 0 Å². The van der Waals surface area contributed by atoms with Crippen LogP contribution in [-0.2, 0) is 6.18 Å². The molecular formula is C13H15BrF3NO. The molecule has 2 nitrogen and oxygen atoms in total. The van der Waals surface area contributed by atoms with E-state index in [9.17, 15) is 18.3 Å². The summed E-state index contributed by atoms with van der Waals surface area (Å²) in [6, 6.07) is 3.86. The zero-order chi connectivity index (χ0) is 14.0. The van der Waals surface area contributed by atoms with Crippen molar-refractivity contribution in [3.8, 4) is 0 Å². The van der Waals surface area contributed by atoms with Crippen LogP contribution in [0.25, 0.3) is 0 Å². The number of anilines is 1. The van der Waals surface area contributed by atoms with Crippen LogP contribution in [-0.4, -0.2) is 17.3 Å². The van der Waals surface area contributed by atoms with Gasteiger partial charge in [-0.25, -0.2) is 0 Å². The molecule has 0 aromatic heterocycles. The molecule has 0 saturated heterocycles. The molecular weight excluding hydrogens is 323 g/mol. The Morgan fingerprint density at radius 2 is 1.89 bits per heavy atom. The number of hydrogen-bond acceptors (Lipinski definition) is 2. The highest BCUT2D eigenvalue weighted by Crippen LogP contribution is 2.36. The van der Waals surface area contributed by atoms with Crippen LogP contribution >= 0.6 is 15.9 Å². The van der Waals surface area contributed by atoms with E-state index in [4.69, 9.17) is 0 Å². The number of hydrogen-bond donors (Lipinski definition) is 2. The van der Waals surface area contributed by atoms with Crippen molar-refractivity contribution in [1.82, 2.24) is 0 Å². The van der Waals surface area contributed by atoms with E-state index in [1.807, 2.05) is 0 Å². The average molecular weight is 338 g/mol. The Kier molecular flexibility index (Phi) is 4.40. The predicted molar refractivity (Wildman–Crippen MR) is 71.0 cm³/mol. The molecule has 0 aliphatic heterocycles. The molecule has 1 fully saturated rings. The largest absolute Gasteiger partial charge is 0.417 e. The summed E-state index contributed by atoms with van der Waals surface area (Å²) in [5, 5.41) is 12.8. The van der Waals surface area contributed by atoms with Gasteiger partial charge in [-0.3, -0.25) is 0 Å². The highest BCUT2D eigenvalue weighted by atomic mass is 79.9. The summed E-state index contributed by atoms with van der Waals surface area (Å²) in [5.74, 6) is 0. The van der Waals surface area contributed by atoms with Gasteiger partial charge in [-0.05, 0) is 31.0 Å². The van der Waals surface area contributed by atoms with Gasteiger partial charge in [-0.2, -0.15) is 13.2 Å². The van der Waals surface area contributed by atoms with Crippen molar-refractivity contribution >= 4 is 21.6 Å². The van der Waals surface area contributed by atoms with E-state index in [2.05, 4.69) is 21.2 Å². The zero-order valence-corrected chi connectivity index (χ0v) is 11.8. The van der Waals surface area contributed by atoms with Crippen molar-refractivity contribution in [2.45, 2.75) is 44.0 Å². The molecule has 2 unspecified atom stereocenters. The van der Waals surface area contributed by atoms with E-state index in [1.165, 1.54) is 6.07 Å². The van der Waals surface area contributed by atoms with Gasteiger partial charge in [0.1, 0.15) is 0 Å². The Bertz CT molecular complexity index is 450. The molecule has 0 spiro atoms. The third-order valence-corrected chi connectivity index (χ3v) is 4.04. The number of benzene rings is 1. The van der Waals surface area contributed by atoms with Crippen molar-refractivity contribution < 1.29 is 18.3 Å². The quantitative estimate of drug-likeness (QED) is 0.848. The average Bonchev–Trinajstić information content (AvgIpc) is 2.33. The third kappa shape index (κ3) is 3.63. The second-order valence-corrected chi connectivity index (χ2v) is 5.65. The molecule has 1 aliphatic carbocycles. The third-order valence-electron chi connectivity index (χ3n) is 3.35. The first-order valence-electron chi connectivity index (χ1n) is 6.19. The van der Waals surface area contributed by atoms with Crippen molar-refractivity contribution in [2.75, 3.05) is 5.32 Å². The van der Waals surface area contributed by atoms with Crippen LogP contribution in [0.1, 0.15) is 31.2 Å². The lowest BCUT2D eigenvalue weighted by atomic mass is 9.92. The molecule has 19 heavy (non-hydrogen) atoms. The Hall–Kier alpha value is -0.750. The normalized spacial score (nSPS) is 24.3. The maximum atomic E-state index is 12.8. The zero-order valence-electron chi connectivity index (χ0n) is 10.2. The molecule has 1 saturated carbocycles. The SMILES string of the molecule is OC1CCCCC1Nc1ccc(Br)c(C(F)(F)F)c1. The fraction of sp³-hybridized carbons (Fsp3) is 0.538. The monoisotopic (exact) mass is 337 g/mol. The second kappa shape index (κ2) is 5.71. The van der Waals surface area contributed by atoms with Crippen LogP contribution in [0.3, 0.4) is 0 Å². The minimum atomic E-state index is -4.39. The predicted octanol–water partition coefficient (Wildman–Crippen LogP) is 4.18. The van der Waals surface area contributed by atoms with E-state index in [0.29, 0.717) is 12.1 Å². The van der Waals surface area contributed by atoms with Gasteiger partial charge in [-0.1, -0.05) is 28.8 Å². The summed E-state index contributed by atoms with van der Waals surface area (Å²) >= 11 is 2.91. The molecule has 6 heteroatoms. The first-order chi connectivity index (χ1) is 8.88. The number of alkyl halides is 3. The Morgan fingerprint density at radius 1 is 1.21 bits per heavy atom. The molecule has 1 aromatic carbocycles. The van der Waals surface area contributed by atoms with Crippen LogP contribution in [0.4, 0.5) is 18.9 Å². The molecule has 106 valence electrons. The maximum Gasteiger partial charge on any atom is 0.417 e. The smallest absolute Gasteiger partial charge is 0.391 e. The van der Waals surface area contributed by atoms with Crippen LogP contribution in [0.2, 0.25) is 0 Å². The highest BCUT2D eigenvalue weighted by molar-refractivity contribution is 9.10. The Labute approximate surface area is 118 Å². The number of aliphatic hydroxyl groups excluding tert-OH is 1. The molecule has 2 atom stereocenters. The van der Waals surface area contributed by atoms with Gasteiger partial charge in [0.15, 0.2) is 0 Å². The van der Waals surface area contributed by atoms with Crippen LogP contribution in [0.5, 0.6) is 0 Å². The number of rotatable bonds is 2. The van der Waals surface area contributed by atoms with Gasteiger partial charge in [0.05, 0.1) is 17.7 Å². The van der Waals surface area contributed by atoms with Crippen molar-refractivity contribution in [1.29, 1.82) is 0 Å². The lowest BCUT2D eigenvalue weighted by Gasteiger charge is -2.29. The molecule has 2 N–H and O–H groups in total. The standard InChI is InChI=1S/C13H15BrF3NO/c14-10-6-5-8(7-9(10)13(15,16)17)18-11-3-1-2-4-12(11)19/h5-7,11-12,18-19H,1-4H2. The maximum absolute atomic E-state index is 12.8. The van der Waals surface area contributed by atoms with Gasteiger partial charge < -0.3 is 10.4 Å². The molecule has 0 heterocycles. The van der Waals surface area contributed by atoms with E-state index in [0.717, 1.165) is 25.3 Å². The van der Waals surface area contributed by atoms with Crippen molar-refractivity contribution in [2.24, 2.45) is 0 Å². The lowest BCUT2D eigenvalue weighted by Crippen LogP contribution is -2.36. The molecule has 0 radical (unpaired) electrons. The lowest BCUT2D eigenvalue weighted by molar-refractivity contribution is -0.138. The fourth-order valence-electron chi connectivity index (χ4n) is 2.33. The highest BCUT2D eigenvalue weighted by Gasteiger charge is 2.33. The second-order valence-electron chi connectivity index (χ2n) is 4.80. The summed E-state index contributed by atoms with van der Waals surface area (Å²) in [6.07, 6.45) is -1.46. The Morgan fingerprint density at radius 3 is 2.53 bits per heavy atom. The topological polar surface area (TPSA) is 32.3 Å². The van der Waals surface area contributed by atoms with E-state index < -0.39 is 17.8 Å². The molecule has 0 amide bonds. The number of aliphatic hydroxyl groups is 1. The number of nitrogens with one attached hydrogen (secondary N) is 1. The summed E-state index contributed by atoms with van der Waals surface area (Å²) in [6.45, 7) is 0. The van der Waals surface area contributed by atoms with Crippen LogP contribution < -0.4 is 5.32 Å². The van der Waals surface area contributed by atoms with Gasteiger partial charge in [0.25, 0.3) is 0 Å². The van der Waals surface area contributed by atoms with Gasteiger partial charge in [-0.15, -0.1) is 0 Å². The van der Waals surface area contributed by atoms with E-state index in [1.54, 1.807) is 6.07 Å². The van der Waals surface area contributed by atoms with Crippen LogP contribution in [0, 0.1) is 0 Å². The summed E-state index contributed by atoms with van der Waals surface area (Å²) in [5.41, 5.74) is -0.315. The first kappa shape index (κ1) is 14.7. The first-order valence-corrected chi connectivity index (χ1v) is 6.98. The summed E-state index contributed by atoms with van der Waals surface area (Å²) < 4.78 is 38.4. The molecule has 2 rings (SSSR count). The van der Waals surface area contributed by atoms with Gasteiger partial charge in [0, 0.05) is 10.2 Å².